The molecule has 0 aliphatic heterocycles. The molecule has 0 radical (unpaired) electrons. The third-order valence-electron chi connectivity index (χ3n) is 3.55. The third-order valence-corrected chi connectivity index (χ3v) is 3.55. The molecule has 0 bridgehead atoms. The van der Waals surface area contributed by atoms with Gasteiger partial charge in [0.05, 0.1) is 0 Å². The molecule has 1 N–H and O–H groups in total. The Morgan fingerprint density at radius 1 is 1.15 bits per heavy atom. The second-order valence-corrected chi connectivity index (χ2v) is 4.66. The molecule has 2 atom stereocenters. The molecule has 74 valence electrons. The average Bonchev–Trinajstić information content (AvgIpc) is 2.98. The molecule has 0 heterocycles. The maximum absolute atomic E-state index is 3.75. The zero-order chi connectivity index (χ0) is 9.10. The second-order valence-electron chi connectivity index (χ2n) is 4.66. The van der Waals surface area contributed by atoms with Gasteiger partial charge in [-0.3, -0.25) is 0 Å². The van der Waals surface area contributed by atoms with Gasteiger partial charge in [-0.15, -0.1) is 6.58 Å². The number of hydrogen-bond donors (Lipinski definition) is 1. The van der Waals surface area contributed by atoms with Crippen LogP contribution in [0.1, 0.15) is 38.5 Å². The lowest BCUT2D eigenvalue weighted by Gasteiger charge is -2.29. The summed E-state index contributed by atoms with van der Waals surface area (Å²) < 4.78 is 0. The van der Waals surface area contributed by atoms with E-state index in [1.807, 2.05) is 6.08 Å². The lowest BCUT2D eigenvalue weighted by Crippen LogP contribution is -2.34. The Kier molecular flexibility index (Phi) is 3.05. The van der Waals surface area contributed by atoms with Crippen molar-refractivity contribution in [1.29, 1.82) is 0 Å². The van der Waals surface area contributed by atoms with Crippen molar-refractivity contribution in [1.82, 2.24) is 5.32 Å². The minimum Gasteiger partial charge on any atom is -0.311 e. The highest BCUT2D eigenvalue weighted by Crippen LogP contribution is 2.43. The first-order valence-electron chi connectivity index (χ1n) is 5.74. The molecule has 0 spiro atoms. The van der Waals surface area contributed by atoms with Crippen LogP contribution in [0.5, 0.6) is 0 Å². The lowest BCUT2D eigenvalue weighted by molar-refractivity contribution is 0.266. The Morgan fingerprint density at radius 3 is 2.69 bits per heavy atom. The molecule has 0 aromatic heterocycles. The van der Waals surface area contributed by atoms with Crippen LogP contribution in [0.2, 0.25) is 0 Å². The van der Waals surface area contributed by atoms with E-state index in [1.54, 1.807) is 0 Å². The molecular formula is C12H21N. The summed E-state index contributed by atoms with van der Waals surface area (Å²) in [4.78, 5) is 0. The topological polar surface area (TPSA) is 12.0 Å². The Labute approximate surface area is 81.6 Å². The Hall–Kier alpha value is -0.300. The SMILES string of the molecule is C=CCNC1CCCC(C2CC2)C1. The van der Waals surface area contributed by atoms with Gasteiger partial charge in [-0.05, 0) is 37.5 Å². The predicted octanol–water partition coefficient (Wildman–Crippen LogP) is 2.73. The number of nitrogens with one attached hydrogen (secondary N) is 1. The molecule has 0 amide bonds. The summed E-state index contributed by atoms with van der Waals surface area (Å²) in [7, 11) is 0. The second kappa shape index (κ2) is 4.28. The van der Waals surface area contributed by atoms with E-state index in [1.165, 1.54) is 38.5 Å². The zero-order valence-electron chi connectivity index (χ0n) is 8.47. The quantitative estimate of drug-likeness (QED) is 0.654. The molecule has 2 unspecified atom stereocenters. The molecule has 2 aliphatic carbocycles. The monoisotopic (exact) mass is 179 g/mol. The van der Waals surface area contributed by atoms with Crippen molar-refractivity contribution in [3.05, 3.63) is 12.7 Å². The summed E-state index contributed by atoms with van der Waals surface area (Å²) >= 11 is 0. The van der Waals surface area contributed by atoms with Crippen molar-refractivity contribution in [2.24, 2.45) is 11.8 Å². The summed E-state index contributed by atoms with van der Waals surface area (Å²) in [6, 6.07) is 0.789. The van der Waals surface area contributed by atoms with Gasteiger partial charge in [-0.2, -0.15) is 0 Å². The van der Waals surface area contributed by atoms with E-state index in [4.69, 9.17) is 0 Å². The van der Waals surface area contributed by atoms with Crippen LogP contribution < -0.4 is 5.32 Å². The van der Waals surface area contributed by atoms with E-state index in [9.17, 15) is 0 Å². The fourth-order valence-corrected chi connectivity index (χ4v) is 2.66. The van der Waals surface area contributed by atoms with E-state index >= 15 is 0 Å². The van der Waals surface area contributed by atoms with Crippen LogP contribution in [0.25, 0.3) is 0 Å². The lowest BCUT2D eigenvalue weighted by atomic mass is 9.83. The van der Waals surface area contributed by atoms with Gasteiger partial charge >= 0.3 is 0 Å². The smallest absolute Gasteiger partial charge is 0.0134 e. The first-order valence-corrected chi connectivity index (χ1v) is 5.74. The highest BCUT2D eigenvalue weighted by atomic mass is 14.9. The van der Waals surface area contributed by atoms with Crippen LogP contribution in [0, 0.1) is 11.8 Å². The molecule has 2 fully saturated rings. The van der Waals surface area contributed by atoms with E-state index in [0.717, 1.165) is 24.4 Å². The Bertz CT molecular complexity index is 172. The van der Waals surface area contributed by atoms with Crippen molar-refractivity contribution < 1.29 is 0 Å². The van der Waals surface area contributed by atoms with Crippen LogP contribution >= 0.6 is 0 Å². The molecule has 2 rings (SSSR count). The summed E-state index contributed by atoms with van der Waals surface area (Å²) in [5.41, 5.74) is 0. The van der Waals surface area contributed by atoms with Gasteiger partial charge < -0.3 is 5.32 Å². The molecule has 0 aromatic carbocycles. The molecule has 13 heavy (non-hydrogen) atoms. The van der Waals surface area contributed by atoms with E-state index in [2.05, 4.69) is 11.9 Å². The highest BCUT2D eigenvalue weighted by Gasteiger charge is 2.34. The molecule has 2 saturated carbocycles. The van der Waals surface area contributed by atoms with Gasteiger partial charge in [0.2, 0.25) is 0 Å². The normalized spacial score (nSPS) is 34.5. The summed E-state index contributed by atoms with van der Waals surface area (Å²) in [6.45, 7) is 4.74. The fraction of sp³-hybridized carbons (Fsp3) is 0.833. The summed E-state index contributed by atoms with van der Waals surface area (Å²) in [5.74, 6) is 2.16. The van der Waals surface area contributed by atoms with E-state index < -0.39 is 0 Å². The zero-order valence-corrected chi connectivity index (χ0v) is 8.47. The molecule has 2 aliphatic rings. The Morgan fingerprint density at radius 2 is 2.00 bits per heavy atom. The van der Waals surface area contributed by atoms with Gasteiger partial charge in [-0.1, -0.05) is 18.9 Å². The molecular weight excluding hydrogens is 158 g/mol. The van der Waals surface area contributed by atoms with Crippen LogP contribution in [-0.4, -0.2) is 12.6 Å². The average molecular weight is 179 g/mol. The van der Waals surface area contributed by atoms with Gasteiger partial charge in [0.15, 0.2) is 0 Å². The Balaban J connectivity index is 1.74. The van der Waals surface area contributed by atoms with Crippen molar-refractivity contribution in [3.63, 3.8) is 0 Å². The predicted molar refractivity (Wildman–Crippen MR) is 56.7 cm³/mol. The van der Waals surface area contributed by atoms with Crippen LogP contribution in [0.15, 0.2) is 12.7 Å². The molecule has 1 heteroatoms. The van der Waals surface area contributed by atoms with Gasteiger partial charge in [-0.25, -0.2) is 0 Å². The van der Waals surface area contributed by atoms with E-state index in [-0.39, 0.29) is 0 Å². The van der Waals surface area contributed by atoms with Gasteiger partial charge in [0.1, 0.15) is 0 Å². The number of rotatable bonds is 4. The molecule has 1 nitrogen and oxygen atoms in total. The first-order chi connectivity index (χ1) is 6.40. The van der Waals surface area contributed by atoms with E-state index in [0.29, 0.717) is 0 Å². The summed E-state index contributed by atoms with van der Waals surface area (Å²) in [6.07, 6.45) is 10.8. The largest absolute Gasteiger partial charge is 0.311 e. The van der Waals surface area contributed by atoms with Crippen LogP contribution in [0.3, 0.4) is 0 Å². The minimum absolute atomic E-state index is 0.789. The standard InChI is InChI=1S/C12H21N/c1-2-8-13-12-5-3-4-11(9-12)10-6-7-10/h2,10-13H,1,3-9H2. The highest BCUT2D eigenvalue weighted by molar-refractivity contribution is 4.88. The van der Waals surface area contributed by atoms with Gasteiger partial charge in [0.25, 0.3) is 0 Å². The molecule has 0 saturated heterocycles. The van der Waals surface area contributed by atoms with Crippen molar-refractivity contribution in [2.75, 3.05) is 6.54 Å². The summed E-state index contributed by atoms with van der Waals surface area (Å²) in [5, 5.41) is 3.57. The first kappa shape index (κ1) is 9.26. The third kappa shape index (κ3) is 2.57. The van der Waals surface area contributed by atoms with Crippen molar-refractivity contribution in [3.8, 4) is 0 Å². The van der Waals surface area contributed by atoms with Crippen LogP contribution in [0.4, 0.5) is 0 Å². The maximum atomic E-state index is 3.75. The number of hydrogen-bond acceptors (Lipinski definition) is 1. The molecule has 0 aromatic rings. The van der Waals surface area contributed by atoms with Crippen molar-refractivity contribution >= 4 is 0 Å². The van der Waals surface area contributed by atoms with Crippen molar-refractivity contribution in [2.45, 2.75) is 44.6 Å². The van der Waals surface area contributed by atoms with Crippen LogP contribution in [-0.2, 0) is 0 Å². The fourth-order valence-electron chi connectivity index (χ4n) is 2.66. The van der Waals surface area contributed by atoms with Gasteiger partial charge in [0, 0.05) is 12.6 Å². The maximum Gasteiger partial charge on any atom is 0.0134 e. The minimum atomic E-state index is 0.789.